The zero-order chi connectivity index (χ0) is 13.2. The van der Waals surface area contributed by atoms with Gasteiger partial charge in [-0.2, -0.15) is 4.39 Å². The molecule has 1 N–H and O–H groups in total. The molecule has 0 aliphatic carbocycles. The van der Waals surface area contributed by atoms with E-state index < -0.39 is 11.9 Å². The molecule has 0 radical (unpaired) electrons. The highest BCUT2D eigenvalue weighted by molar-refractivity contribution is 6.04. The summed E-state index contributed by atoms with van der Waals surface area (Å²) < 4.78 is 18.7. The van der Waals surface area contributed by atoms with Crippen molar-refractivity contribution in [3.05, 3.63) is 53.6 Å². The first-order valence-corrected chi connectivity index (χ1v) is 5.91. The maximum Gasteiger partial charge on any atom is 0.260 e. The van der Waals surface area contributed by atoms with Crippen LogP contribution < -0.4 is 10.1 Å². The number of fused-ring (bicyclic) bond motifs is 1. The third kappa shape index (κ3) is 2.27. The van der Waals surface area contributed by atoms with Crippen molar-refractivity contribution in [2.45, 2.75) is 6.42 Å². The summed E-state index contributed by atoms with van der Waals surface area (Å²) in [4.78, 5) is 15.4. The van der Waals surface area contributed by atoms with Crippen LogP contribution in [0.25, 0.3) is 0 Å². The van der Waals surface area contributed by atoms with Crippen molar-refractivity contribution < 1.29 is 13.9 Å². The Morgan fingerprint density at radius 2 is 2.26 bits per heavy atom. The van der Waals surface area contributed by atoms with Crippen LogP contribution in [0.15, 0.2) is 36.5 Å². The molecule has 0 saturated heterocycles. The number of anilines is 1. The number of nitrogens with zero attached hydrogens (tertiary/aromatic N) is 1. The molecule has 3 rings (SSSR count). The van der Waals surface area contributed by atoms with Gasteiger partial charge in [0.2, 0.25) is 5.95 Å². The Kier molecular flexibility index (Phi) is 2.87. The lowest BCUT2D eigenvalue weighted by Crippen LogP contribution is -2.14. The zero-order valence-electron chi connectivity index (χ0n) is 10.0. The Labute approximate surface area is 109 Å². The second kappa shape index (κ2) is 4.68. The normalized spacial score (nSPS) is 12.7. The highest BCUT2D eigenvalue weighted by atomic mass is 19.1. The molecule has 96 valence electrons. The lowest BCUT2D eigenvalue weighted by atomic mass is 10.1. The van der Waals surface area contributed by atoms with Gasteiger partial charge in [-0.3, -0.25) is 4.79 Å². The maximum absolute atomic E-state index is 13.4. The van der Waals surface area contributed by atoms with Crippen molar-refractivity contribution >= 4 is 11.6 Å². The summed E-state index contributed by atoms with van der Waals surface area (Å²) in [5.41, 5.74) is 1.60. The van der Waals surface area contributed by atoms with Gasteiger partial charge in [0.15, 0.2) is 0 Å². The zero-order valence-corrected chi connectivity index (χ0v) is 10.0. The van der Waals surface area contributed by atoms with Crippen molar-refractivity contribution in [1.29, 1.82) is 0 Å². The minimum Gasteiger partial charge on any atom is -0.493 e. The Morgan fingerprint density at radius 1 is 1.37 bits per heavy atom. The van der Waals surface area contributed by atoms with E-state index in [4.69, 9.17) is 4.74 Å². The van der Waals surface area contributed by atoms with Crippen LogP contribution in [-0.2, 0) is 6.42 Å². The maximum atomic E-state index is 13.4. The van der Waals surface area contributed by atoms with Crippen LogP contribution in [0.2, 0.25) is 0 Å². The second-order valence-electron chi connectivity index (χ2n) is 4.22. The van der Waals surface area contributed by atoms with Gasteiger partial charge in [0.25, 0.3) is 5.91 Å². The standard InChI is InChI=1S/C14H11FN2O2/c15-13-11(2-1-6-16-13)14(18)17-10-3-4-12-9(8-10)5-7-19-12/h1-4,6,8H,5,7H2,(H,17,18). The van der Waals surface area contributed by atoms with E-state index in [1.807, 2.05) is 6.07 Å². The summed E-state index contributed by atoms with van der Waals surface area (Å²) in [5, 5.41) is 2.65. The number of hydrogen-bond acceptors (Lipinski definition) is 3. The molecule has 1 aromatic carbocycles. The molecule has 1 aromatic heterocycles. The van der Waals surface area contributed by atoms with Crippen molar-refractivity contribution in [1.82, 2.24) is 4.98 Å². The molecule has 0 unspecified atom stereocenters. The van der Waals surface area contributed by atoms with Gasteiger partial charge in [-0.25, -0.2) is 4.98 Å². The second-order valence-corrected chi connectivity index (χ2v) is 4.22. The average Bonchev–Trinajstić information content (AvgIpc) is 2.86. The number of halogens is 1. The summed E-state index contributed by atoms with van der Waals surface area (Å²) in [6, 6.07) is 8.30. The molecule has 0 atom stereocenters. The first-order valence-electron chi connectivity index (χ1n) is 5.91. The Morgan fingerprint density at radius 3 is 3.11 bits per heavy atom. The van der Waals surface area contributed by atoms with Gasteiger partial charge in [-0.05, 0) is 35.9 Å². The smallest absolute Gasteiger partial charge is 0.260 e. The van der Waals surface area contributed by atoms with E-state index in [1.165, 1.54) is 18.3 Å². The molecule has 1 aliphatic rings. The van der Waals surface area contributed by atoms with Gasteiger partial charge in [-0.15, -0.1) is 0 Å². The molecule has 0 fully saturated rings. The van der Waals surface area contributed by atoms with Crippen LogP contribution in [0.3, 0.4) is 0 Å². The number of rotatable bonds is 2. The quantitative estimate of drug-likeness (QED) is 0.841. The van der Waals surface area contributed by atoms with E-state index in [9.17, 15) is 9.18 Å². The predicted octanol–water partition coefficient (Wildman–Crippen LogP) is 2.41. The van der Waals surface area contributed by atoms with Crippen LogP contribution in [0.1, 0.15) is 15.9 Å². The lowest BCUT2D eigenvalue weighted by Gasteiger charge is -2.07. The Bertz CT molecular complexity index is 643. The molecular formula is C14H11FN2O2. The molecular weight excluding hydrogens is 247 g/mol. The van der Waals surface area contributed by atoms with E-state index >= 15 is 0 Å². The van der Waals surface area contributed by atoms with Gasteiger partial charge in [0.1, 0.15) is 5.75 Å². The fourth-order valence-corrected chi connectivity index (χ4v) is 2.02. The summed E-state index contributed by atoms with van der Waals surface area (Å²) in [5.74, 6) is -0.445. The third-order valence-electron chi connectivity index (χ3n) is 2.95. The summed E-state index contributed by atoms with van der Waals surface area (Å²) >= 11 is 0. The minimum absolute atomic E-state index is 0.0701. The number of ether oxygens (including phenoxy) is 1. The fourth-order valence-electron chi connectivity index (χ4n) is 2.02. The van der Waals surface area contributed by atoms with Gasteiger partial charge in [0, 0.05) is 18.3 Å². The highest BCUT2D eigenvalue weighted by Crippen LogP contribution is 2.28. The van der Waals surface area contributed by atoms with E-state index in [0.29, 0.717) is 12.3 Å². The first kappa shape index (κ1) is 11.6. The Hall–Kier alpha value is -2.43. The monoisotopic (exact) mass is 258 g/mol. The number of amides is 1. The van der Waals surface area contributed by atoms with E-state index in [2.05, 4.69) is 10.3 Å². The molecule has 2 heterocycles. The van der Waals surface area contributed by atoms with Crippen LogP contribution in [0.5, 0.6) is 5.75 Å². The lowest BCUT2D eigenvalue weighted by molar-refractivity contribution is 0.102. The molecule has 1 amide bonds. The Balaban J connectivity index is 1.82. The molecule has 0 spiro atoms. The largest absolute Gasteiger partial charge is 0.493 e. The molecule has 4 nitrogen and oxygen atoms in total. The van der Waals surface area contributed by atoms with Crippen LogP contribution in [0.4, 0.5) is 10.1 Å². The highest BCUT2D eigenvalue weighted by Gasteiger charge is 2.15. The van der Waals surface area contributed by atoms with Crippen LogP contribution in [-0.4, -0.2) is 17.5 Å². The van der Waals surface area contributed by atoms with Crippen molar-refractivity contribution in [2.24, 2.45) is 0 Å². The van der Waals surface area contributed by atoms with Gasteiger partial charge < -0.3 is 10.1 Å². The number of carbonyl (C=O) groups is 1. The molecule has 2 aromatic rings. The van der Waals surface area contributed by atoms with E-state index in [1.54, 1.807) is 12.1 Å². The summed E-state index contributed by atoms with van der Waals surface area (Å²) in [6.07, 6.45) is 2.12. The predicted molar refractivity (Wildman–Crippen MR) is 67.8 cm³/mol. The van der Waals surface area contributed by atoms with Crippen molar-refractivity contribution in [2.75, 3.05) is 11.9 Å². The third-order valence-corrected chi connectivity index (χ3v) is 2.95. The van der Waals surface area contributed by atoms with Gasteiger partial charge >= 0.3 is 0 Å². The minimum atomic E-state index is -0.774. The number of carbonyl (C=O) groups excluding carboxylic acids is 1. The first-order chi connectivity index (χ1) is 9.24. The summed E-state index contributed by atoms with van der Waals surface area (Å²) in [7, 11) is 0. The topological polar surface area (TPSA) is 51.2 Å². The average molecular weight is 258 g/mol. The number of pyridine rings is 1. The van der Waals surface area contributed by atoms with Crippen LogP contribution in [0, 0.1) is 5.95 Å². The van der Waals surface area contributed by atoms with Crippen LogP contribution >= 0.6 is 0 Å². The SMILES string of the molecule is O=C(Nc1ccc2c(c1)CCO2)c1cccnc1F. The van der Waals surface area contributed by atoms with Crippen molar-refractivity contribution in [3.8, 4) is 5.75 Å². The number of nitrogens with one attached hydrogen (secondary N) is 1. The number of hydrogen-bond donors (Lipinski definition) is 1. The van der Waals surface area contributed by atoms with Gasteiger partial charge in [0.05, 0.1) is 12.2 Å². The van der Waals surface area contributed by atoms with Crippen molar-refractivity contribution in [3.63, 3.8) is 0 Å². The number of benzene rings is 1. The fraction of sp³-hybridized carbons (Fsp3) is 0.143. The van der Waals surface area contributed by atoms with E-state index in [-0.39, 0.29) is 5.56 Å². The molecule has 0 saturated carbocycles. The molecule has 5 heteroatoms. The summed E-state index contributed by atoms with van der Waals surface area (Å²) in [6.45, 7) is 0.657. The molecule has 0 bridgehead atoms. The molecule has 1 aliphatic heterocycles. The van der Waals surface area contributed by atoms with Gasteiger partial charge in [-0.1, -0.05) is 0 Å². The molecule has 19 heavy (non-hydrogen) atoms. The number of aromatic nitrogens is 1. The van der Waals surface area contributed by atoms with E-state index in [0.717, 1.165) is 17.7 Å².